The standard InChI is InChI=1S/C12H10N4/c13-16-15-8-2-1-4-10-5-3-6-11-7-9-14-12(10)11/h3,5-7,9,14H,2,8H2. The molecule has 0 unspecified atom stereocenters. The summed E-state index contributed by atoms with van der Waals surface area (Å²) in [4.78, 5) is 5.83. The van der Waals surface area contributed by atoms with Crippen molar-refractivity contribution in [1.82, 2.24) is 4.98 Å². The first kappa shape index (κ1) is 10.2. The number of nitrogens with one attached hydrogen (secondary N) is 1. The van der Waals surface area contributed by atoms with Gasteiger partial charge >= 0.3 is 0 Å². The number of hydrogen-bond acceptors (Lipinski definition) is 1. The van der Waals surface area contributed by atoms with E-state index in [2.05, 4.69) is 26.9 Å². The summed E-state index contributed by atoms with van der Waals surface area (Å²) < 4.78 is 0. The molecule has 0 aliphatic carbocycles. The molecule has 0 aliphatic rings. The Labute approximate surface area is 92.9 Å². The van der Waals surface area contributed by atoms with Gasteiger partial charge in [0.25, 0.3) is 0 Å². The van der Waals surface area contributed by atoms with Gasteiger partial charge in [-0.25, -0.2) is 0 Å². The maximum Gasteiger partial charge on any atom is 0.0612 e. The van der Waals surface area contributed by atoms with E-state index in [9.17, 15) is 0 Å². The number of benzene rings is 1. The van der Waals surface area contributed by atoms with Crippen LogP contribution >= 0.6 is 0 Å². The highest BCUT2D eigenvalue weighted by Gasteiger charge is 1.97. The van der Waals surface area contributed by atoms with Crippen molar-refractivity contribution in [2.24, 2.45) is 5.11 Å². The van der Waals surface area contributed by atoms with Gasteiger partial charge < -0.3 is 4.98 Å². The van der Waals surface area contributed by atoms with Crippen molar-refractivity contribution in [2.75, 3.05) is 6.54 Å². The lowest BCUT2D eigenvalue weighted by molar-refractivity contribution is 1.01. The predicted molar refractivity (Wildman–Crippen MR) is 63.8 cm³/mol. The lowest BCUT2D eigenvalue weighted by Crippen LogP contribution is -1.78. The third-order valence-electron chi connectivity index (χ3n) is 2.21. The van der Waals surface area contributed by atoms with Gasteiger partial charge in [0, 0.05) is 35.0 Å². The molecule has 0 atom stereocenters. The van der Waals surface area contributed by atoms with Crippen LogP contribution in [-0.4, -0.2) is 11.5 Å². The van der Waals surface area contributed by atoms with E-state index in [-0.39, 0.29) is 0 Å². The van der Waals surface area contributed by atoms with Crippen molar-refractivity contribution < 1.29 is 0 Å². The number of azide groups is 1. The molecular weight excluding hydrogens is 200 g/mol. The van der Waals surface area contributed by atoms with E-state index in [1.807, 2.05) is 30.5 Å². The smallest absolute Gasteiger partial charge is 0.0612 e. The quantitative estimate of drug-likeness (QED) is 0.260. The summed E-state index contributed by atoms with van der Waals surface area (Å²) in [6.45, 7) is 0.421. The van der Waals surface area contributed by atoms with Crippen molar-refractivity contribution >= 4 is 10.9 Å². The van der Waals surface area contributed by atoms with Gasteiger partial charge in [0.05, 0.1) is 5.52 Å². The molecule has 4 heteroatoms. The molecule has 1 N–H and O–H groups in total. The number of aromatic amines is 1. The molecule has 1 heterocycles. The summed E-state index contributed by atoms with van der Waals surface area (Å²) in [5.41, 5.74) is 10.1. The molecule has 4 nitrogen and oxygen atoms in total. The topological polar surface area (TPSA) is 64.6 Å². The molecule has 0 amide bonds. The zero-order valence-corrected chi connectivity index (χ0v) is 8.64. The lowest BCUT2D eigenvalue weighted by atomic mass is 10.1. The molecule has 0 spiro atoms. The van der Waals surface area contributed by atoms with Gasteiger partial charge in [0.2, 0.25) is 0 Å². The van der Waals surface area contributed by atoms with Crippen LogP contribution in [0.15, 0.2) is 35.6 Å². The van der Waals surface area contributed by atoms with Crippen LogP contribution in [0.25, 0.3) is 21.3 Å². The number of hydrogen-bond donors (Lipinski definition) is 1. The molecule has 0 fully saturated rings. The van der Waals surface area contributed by atoms with E-state index < -0.39 is 0 Å². The van der Waals surface area contributed by atoms with Gasteiger partial charge in [-0.1, -0.05) is 29.1 Å². The second-order valence-corrected chi connectivity index (χ2v) is 3.25. The highest BCUT2D eigenvalue weighted by Crippen LogP contribution is 2.15. The van der Waals surface area contributed by atoms with Crippen molar-refractivity contribution in [3.05, 3.63) is 46.5 Å². The second kappa shape index (κ2) is 4.92. The van der Waals surface area contributed by atoms with Crippen LogP contribution < -0.4 is 0 Å². The van der Waals surface area contributed by atoms with E-state index >= 15 is 0 Å². The average molecular weight is 210 g/mol. The van der Waals surface area contributed by atoms with Gasteiger partial charge in [-0.15, -0.1) is 0 Å². The van der Waals surface area contributed by atoms with Crippen molar-refractivity contribution in [1.29, 1.82) is 0 Å². The molecule has 1 aromatic carbocycles. The molecular formula is C12H10N4. The number of nitrogens with zero attached hydrogens (tertiary/aromatic N) is 3. The minimum Gasteiger partial charge on any atom is -0.360 e. The second-order valence-electron chi connectivity index (χ2n) is 3.25. The van der Waals surface area contributed by atoms with Crippen molar-refractivity contribution in [3.8, 4) is 11.8 Å². The molecule has 0 saturated heterocycles. The van der Waals surface area contributed by atoms with Crippen LogP contribution in [0.3, 0.4) is 0 Å². The van der Waals surface area contributed by atoms with Gasteiger partial charge in [-0.05, 0) is 17.7 Å². The molecule has 0 aliphatic heterocycles. The summed E-state index contributed by atoms with van der Waals surface area (Å²) in [5, 5.41) is 4.58. The maximum atomic E-state index is 8.10. The molecule has 16 heavy (non-hydrogen) atoms. The highest BCUT2D eigenvalue weighted by atomic mass is 15.1. The molecule has 2 aromatic rings. The number of H-pyrrole nitrogens is 1. The lowest BCUT2D eigenvalue weighted by Gasteiger charge is -1.93. The van der Waals surface area contributed by atoms with Crippen LogP contribution in [0.1, 0.15) is 12.0 Å². The Morgan fingerprint density at radius 2 is 2.31 bits per heavy atom. The SMILES string of the molecule is [N-]=[N+]=NCCC#Cc1cccc2cc[nH]c12. The zero-order valence-electron chi connectivity index (χ0n) is 8.64. The Balaban J connectivity index is 2.20. The van der Waals surface area contributed by atoms with Gasteiger partial charge in [0.1, 0.15) is 0 Å². The molecule has 0 bridgehead atoms. The minimum atomic E-state index is 0.421. The fraction of sp³-hybridized carbons (Fsp3) is 0.167. The van der Waals surface area contributed by atoms with Crippen LogP contribution in [0.2, 0.25) is 0 Å². The Kier molecular flexibility index (Phi) is 3.12. The highest BCUT2D eigenvalue weighted by molar-refractivity contribution is 5.85. The Morgan fingerprint density at radius 1 is 1.38 bits per heavy atom. The van der Waals surface area contributed by atoms with Crippen LogP contribution in [-0.2, 0) is 0 Å². The van der Waals surface area contributed by atoms with Crippen LogP contribution in [0.4, 0.5) is 0 Å². The Hall–Kier alpha value is -2.37. The third kappa shape index (κ3) is 2.17. The van der Waals surface area contributed by atoms with Gasteiger partial charge in [-0.3, -0.25) is 0 Å². The third-order valence-corrected chi connectivity index (χ3v) is 2.21. The largest absolute Gasteiger partial charge is 0.360 e. The summed E-state index contributed by atoms with van der Waals surface area (Å²) in [7, 11) is 0. The van der Waals surface area contributed by atoms with Crippen molar-refractivity contribution in [2.45, 2.75) is 6.42 Å². The van der Waals surface area contributed by atoms with E-state index in [0.717, 1.165) is 16.5 Å². The van der Waals surface area contributed by atoms with E-state index in [0.29, 0.717) is 13.0 Å². The maximum absolute atomic E-state index is 8.10. The van der Waals surface area contributed by atoms with Gasteiger partial charge in [-0.2, -0.15) is 0 Å². The number of para-hydroxylation sites is 1. The minimum absolute atomic E-state index is 0.421. The summed E-state index contributed by atoms with van der Waals surface area (Å²) in [5.74, 6) is 6.05. The first-order valence-corrected chi connectivity index (χ1v) is 4.97. The molecule has 78 valence electrons. The fourth-order valence-corrected chi connectivity index (χ4v) is 1.50. The first-order chi connectivity index (χ1) is 7.92. The molecule has 1 aromatic heterocycles. The number of aromatic nitrogens is 1. The van der Waals surface area contributed by atoms with Gasteiger partial charge in [0.15, 0.2) is 0 Å². The summed E-state index contributed by atoms with van der Waals surface area (Å²) in [6, 6.07) is 8.00. The van der Waals surface area contributed by atoms with Crippen LogP contribution in [0, 0.1) is 11.8 Å². The normalized spacial score (nSPS) is 9.25. The van der Waals surface area contributed by atoms with E-state index in [1.54, 1.807) is 0 Å². The summed E-state index contributed by atoms with van der Waals surface area (Å²) >= 11 is 0. The summed E-state index contributed by atoms with van der Waals surface area (Å²) in [6.07, 6.45) is 2.48. The van der Waals surface area contributed by atoms with Crippen LogP contribution in [0.5, 0.6) is 0 Å². The average Bonchev–Trinajstić information content (AvgIpc) is 2.77. The molecule has 0 saturated carbocycles. The number of fused-ring (bicyclic) bond motifs is 1. The fourth-order valence-electron chi connectivity index (χ4n) is 1.50. The zero-order chi connectivity index (χ0) is 11.2. The predicted octanol–water partition coefficient (Wildman–Crippen LogP) is 3.22. The monoisotopic (exact) mass is 210 g/mol. The van der Waals surface area contributed by atoms with Crippen molar-refractivity contribution in [3.63, 3.8) is 0 Å². The Bertz CT molecular complexity index is 594. The number of rotatable bonds is 2. The molecule has 0 radical (unpaired) electrons. The molecule has 2 rings (SSSR count). The first-order valence-electron chi connectivity index (χ1n) is 4.97. The van der Waals surface area contributed by atoms with E-state index in [4.69, 9.17) is 5.53 Å². The Morgan fingerprint density at radius 3 is 3.19 bits per heavy atom. The van der Waals surface area contributed by atoms with E-state index in [1.165, 1.54) is 0 Å².